The highest BCUT2D eigenvalue weighted by molar-refractivity contribution is 5.97. The maximum Gasteiger partial charge on any atom is 0.328 e. The second-order valence-electron chi connectivity index (χ2n) is 6.92. The van der Waals surface area contributed by atoms with Gasteiger partial charge in [0.1, 0.15) is 11.5 Å². The highest BCUT2D eigenvalue weighted by atomic mass is 19.1. The molecular formula is C19H20FN3O4. The van der Waals surface area contributed by atoms with Crippen LogP contribution >= 0.6 is 0 Å². The molecule has 7 nitrogen and oxygen atoms in total. The van der Waals surface area contributed by atoms with E-state index in [0.29, 0.717) is 18.5 Å². The Kier molecular flexibility index (Phi) is 4.43. The summed E-state index contributed by atoms with van der Waals surface area (Å²) in [6, 6.07) is 3.84. The van der Waals surface area contributed by atoms with Crippen LogP contribution in [0, 0.1) is 12.7 Å². The predicted molar refractivity (Wildman–Crippen MR) is 93.6 cm³/mol. The summed E-state index contributed by atoms with van der Waals surface area (Å²) in [5, 5.41) is 13.8. The molecule has 1 atom stereocenters. The molecule has 1 N–H and O–H groups in total. The average molecular weight is 373 g/mol. The maximum absolute atomic E-state index is 14.5. The fraction of sp³-hybridized carbons (Fsp3) is 0.421. The zero-order chi connectivity index (χ0) is 19.1. The zero-order valence-corrected chi connectivity index (χ0v) is 14.9. The first-order chi connectivity index (χ1) is 13.0. The number of rotatable bonds is 3. The van der Waals surface area contributed by atoms with Crippen molar-refractivity contribution < 1.29 is 23.8 Å². The van der Waals surface area contributed by atoms with Crippen molar-refractivity contribution in [2.75, 3.05) is 19.8 Å². The third kappa shape index (κ3) is 2.99. The van der Waals surface area contributed by atoms with Crippen LogP contribution in [0.2, 0.25) is 0 Å². The number of aliphatic carboxylic acids is 1. The summed E-state index contributed by atoms with van der Waals surface area (Å²) < 4.78 is 21.2. The number of nitrogens with zero attached hydrogens (tertiary/aromatic N) is 3. The van der Waals surface area contributed by atoms with Crippen molar-refractivity contribution in [3.8, 4) is 5.69 Å². The van der Waals surface area contributed by atoms with E-state index in [1.807, 2.05) is 0 Å². The van der Waals surface area contributed by atoms with E-state index in [9.17, 15) is 19.1 Å². The van der Waals surface area contributed by atoms with Gasteiger partial charge in [-0.1, -0.05) is 6.07 Å². The second kappa shape index (κ2) is 6.77. The Morgan fingerprint density at radius 2 is 2.15 bits per heavy atom. The van der Waals surface area contributed by atoms with Crippen LogP contribution in [0.1, 0.15) is 33.7 Å². The van der Waals surface area contributed by atoms with Gasteiger partial charge >= 0.3 is 5.97 Å². The quantitative estimate of drug-likeness (QED) is 0.886. The van der Waals surface area contributed by atoms with E-state index in [4.69, 9.17) is 4.74 Å². The van der Waals surface area contributed by atoms with Crippen LogP contribution in [0.25, 0.3) is 5.69 Å². The molecule has 1 aliphatic carbocycles. The molecule has 1 saturated heterocycles. The molecule has 8 heteroatoms. The molecule has 2 heterocycles. The Hall–Kier alpha value is -2.74. The number of halogens is 1. The molecule has 2 aromatic rings. The van der Waals surface area contributed by atoms with Crippen LogP contribution in [-0.2, 0) is 22.4 Å². The number of hydrogen-bond donors (Lipinski definition) is 1. The van der Waals surface area contributed by atoms with Crippen LogP contribution in [0.3, 0.4) is 0 Å². The molecule has 142 valence electrons. The van der Waals surface area contributed by atoms with Crippen molar-refractivity contribution in [2.45, 2.75) is 32.2 Å². The Morgan fingerprint density at radius 3 is 2.89 bits per heavy atom. The van der Waals surface area contributed by atoms with Gasteiger partial charge in [0.2, 0.25) is 0 Å². The summed E-state index contributed by atoms with van der Waals surface area (Å²) in [4.78, 5) is 25.9. The van der Waals surface area contributed by atoms with Crippen molar-refractivity contribution in [1.29, 1.82) is 0 Å². The highest BCUT2D eigenvalue weighted by Crippen LogP contribution is 2.30. The first-order valence-electron chi connectivity index (χ1n) is 8.96. The minimum Gasteiger partial charge on any atom is -0.480 e. The van der Waals surface area contributed by atoms with Gasteiger partial charge in [0.15, 0.2) is 11.7 Å². The van der Waals surface area contributed by atoms with Gasteiger partial charge in [-0.3, -0.25) is 4.79 Å². The molecule has 27 heavy (non-hydrogen) atoms. The number of benzene rings is 1. The van der Waals surface area contributed by atoms with Gasteiger partial charge in [-0.25, -0.2) is 13.9 Å². The van der Waals surface area contributed by atoms with Gasteiger partial charge < -0.3 is 14.7 Å². The number of carbonyl (C=O) groups is 2. The monoisotopic (exact) mass is 373 g/mol. The Bertz CT molecular complexity index is 924. The molecule has 1 fully saturated rings. The summed E-state index contributed by atoms with van der Waals surface area (Å²) in [5.74, 6) is -1.94. The van der Waals surface area contributed by atoms with E-state index < -0.39 is 23.7 Å². The Morgan fingerprint density at radius 1 is 1.33 bits per heavy atom. The van der Waals surface area contributed by atoms with Crippen LogP contribution in [0.5, 0.6) is 0 Å². The molecule has 0 saturated carbocycles. The molecule has 2 aliphatic rings. The molecule has 0 spiro atoms. The number of fused-ring (bicyclic) bond motifs is 1. The minimum absolute atomic E-state index is 0.0451. The molecule has 1 aromatic heterocycles. The standard InChI is InChI=1S/C19H20FN3O4/c1-11-5-6-15(13(20)9-11)23-14-4-2-3-12(14)17(21-23)18(24)22-7-8-27-10-16(22)19(25)26/h5-6,9,16H,2-4,7-8,10H2,1H3,(H,25,26). The van der Waals surface area contributed by atoms with Crippen LogP contribution in [0.4, 0.5) is 4.39 Å². The number of ether oxygens (including phenoxy) is 1. The molecule has 0 bridgehead atoms. The fourth-order valence-electron chi connectivity index (χ4n) is 3.78. The normalized spacial score (nSPS) is 19.2. The van der Waals surface area contributed by atoms with Crippen LogP contribution in [-0.4, -0.2) is 57.5 Å². The summed E-state index contributed by atoms with van der Waals surface area (Å²) in [6.45, 7) is 2.23. The Balaban J connectivity index is 1.76. The van der Waals surface area contributed by atoms with Gasteiger partial charge in [-0.2, -0.15) is 5.10 Å². The van der Waals surface area contributed by atoms with Gasteiger partial charge in [-0.15, -0.1) is 0 Å². The largest absolute Gasteiger partial charge is 0.480 e. The lowest BCUT2D eigenvalue weighted by Crippen LogP contribution is -2.52. The van der Waals surface area contributed by atoms with Crippen molar-refractivity contribution in [3.05, 3.63) is 46.5 Å². The third-order valence-corrected chi connectivity index (χ3v) is 5.14. The summed E-state index contributed by atoms with van der Waals surface area (Å²) in [5.41, 5.74) is 2.93. The average Bonchev–Trinajstić information content (AvgIpc) is 3.24. The number of aryl methyl sites for hydroxylation is 1. The first kappa shape index (κ1) is 17.7. The van der Waals surface area contributed by atoms with Gasteiger partial charge in [-0.05, 0) is 43.9 Å². The zero-order valence-electron chi connectivity index (χ0n) is 14.9. The van der Waals surface area contributed by atoms with Gasteiger partial charge in [0.25, 0.3) is 5.91 Å². The van der Waals surface area contributed by atoms with Gasteiger partial charge in [0, 0.05) is 17.8 Å². The number of amides is 1. The van der Waals surface area contributed by atoms with Crippen LogP contribution < -0.4 is 0 Å². The lowest BCUT2D eigenvalue weighted by atomic mass is 10.1. The fourth-order valence-corrected chi connectivity index (χ4v) is 3.78. The number of morpholine rings is 1. The van der Waals surface area contributed by atoms with Crippen LogP contribution in [0.15, 0.2) is 18.2 Å². The topological polar surface area (TPSA) is 84.7 Å². The van der Waals surface area contributed by atoms with E-state index in [1.54, 1.807) is 19.1 Å². The van der Waals surface area contributed by atoms with Crippen molar-refractivity contribution >= 4 is 11.9 Å². The number of carbonyl (C=O) groups excluding carboxylic acids is 1. The summed E-state index contributed by atoms with van der Waals surface area (Å²) in [6.07, 6.45) is 2.23. The van der Waals surface area contributed by atoms with Crippen molar-refractivity contribution in [1.82, 2.24) is 14.7 Å². The summed E-state index contributed by atoms with van der Waals surface area (Å²) in [7, 11) is 0. The molecular weight excluding hydrogens is 353 g/mol. The SMILES string of the molecule is Cc1ccc(-n2nc(C(=O)N3CCOCC3C(=O)O)c3c2CCC3)c(F)c1. The maximum atomic E-state index is 14.5. The smallest absolute Gasteiger partial charge is 0.328 e. The third-order valence-electron chi connectivity index (χ3n) is 5.14. The summed E-state index contributed by atoms with van der Waals surface area (Å²) >= 11 is 0. The van der Waals surface area contributed by atoms with Crippen molar-refractivity contribution in [2.24, 2.45) is 0 Å². The number of carboxylic acids is 1. The van der Waals surface area contributed by atoms with Gasteiger partial charge in [0.05, 0.1) is 13.2 Å². The van der Waals surface area contributed by atoms with Crippen molar-refractivity contribution in [3.63, 3.8) is 0 Å². The highest BCUT2D eigenvalue weighted by Gasteiger charge is 2.37. The lowest BCUT2D eigenvalue weighted by Gasteiger charge is -2.32. The second-order valence-corrected chi connectivity index (χ2v) is 6.92. The Labute approximate surface area is 155 Å². The molecule has 0 radical (unpaired) electrons. The number of hydrogen-bond acceptors (Lipinski definition) is 4. The predicted octanol–water partition coefficient (Wildman–Crippen LogP) is 1.73. The number of carboxylic acid groups (broad SMARTS) is 1. The lowest BCUT2D eigenvalue weighted by molar-refractivity contribution is -0.147. The molecule has 1 unspecified atom stereocenters. The molecule has 4 rings (SSSR count). The van der Waals surface area contributed by atoms with E-state index in [-0.39, 0.29) is 25.5 Å². The molecule has 1 aromatic carbocycles. The molecule has 1 amide bonds. The van der Waals surface area contributed by atoms with E-state index in [1.165, 1.54) is 15.6 Å². The molecule has 1 aliphatic heterocycles. The van der Waals surface area contributed by atoms with E-state index in [2.05, 4.69) is 5.10 Å². The minimum atomic E-state index is -1.11. The first-order valence-corrected chi connectivity index (χ1v) is 8.96. The van der Waals surface area contributed by atoms with E-state index in [0.717, 1.165) is 23.2 Å². The number of aromatic nitrogens is 2. The van der Waals surface area contributed by atoms with E-state index >= 15 is 0 Å².